The molecule has 0 aliphatic heterocycles. The van der Waals surface area contributed by atoms with E-state index in [0.29, 0.717) is 11.8 Å². The van der Waals surface area contributed by atoms with Crippen LogP contribution >= 0.6 is 24.8 Å². The Morgan fingerprint density at radius 3 is 2.50 bits per heavy atom. The van der Waals surface area contributed by atoms with Gasteiger partial charge >= 0.3 is 0 Å². The highest BCUT2D eigenvalue weighted by atomic mass is 35.5. The van der Waals surface area contributed by atoms with Gasteiger partial charge < -0.3 is 16.5 Å². The third-order valence-electron chi connectivity index (χ3n) is 4.67. The zero-order valence-electron chi connectivity index (χ0n) is 15.3. The van der Waals surface area contributed by atoms with E-state index in [2.05, 4.69) is 9.97 Å². The number of imidazole rings is 1. The first kappa shape index (κ1) is 21.5. The first-order valence-corrected chi connectivity index (χ1v) is 8.49. The molecule has 0 unspecified atom stereocenters. The summed E-state index contributed by atoms with van der Waals surface area (Å²) in [6.07, 6.45) is 1.61. The van der Waals surface area contributed by atoms with Gasteiger partial charge in [0.25, 0.3) is 0 Å². The molecule has 6 N–H and O–H groups in total. The number of nitrogens with zero attached hydrogens (tertiary/aromatic N) is 2. The van der Waals surface area contributed by atoms with E-state index in [4.69, 9.17) is 21.9 Å². The van der Waals surface area contributed by atoms with Crippen LogP contribution in [0, 0.1) is 12.3 Å². The number of nitrogens with one attached hydrogen (secondary N) is 2. The minimum Gasteiger partial charge on any atom is -0.384 e. The standard InChI is InChI=1S/C20H20N6.2ClH/c1-11-5-7-12(8-6-11)17-19(26-20(23)25-17)24-16-10-9-13-14(16)3-2-4-15(13)18(21)22;;/h2-8H,9-10H2,1H3,(H3,21,22)(H3,23,25,26);2*1H. The minimum absolute atomic E-state index is 0. The second-order valence-corrected chi connectivity index (χ2v) is 6.49. The van der Waals surface area contributed by atoms with Crippen LogP contribution < -0.4 is 11.5 Å². The predicted molar refractivity (Wildman–Crippen MR) is 120 cm³/mol. The van der Waals surface area contributed by atoms with Crippen molar-refractivity contribution >= 4 is 48.1 Å². The second kappa shape index (κ2) is 8.46. The van der Waals surface area contributed by atoms with E-state index in [-0.39, 0.29) is 30.6 Å². The fraction of sp³-hybridized carbons (Fsp3) is 0.150. The summed E-state index contributed by atoms with van der Waals surface area (Å²) in [6.45, 7) is 2.05. The van der Waals surface area contributed by atoms with Crippen LogP contribution in [0.3, 0.4) is 0 Å². The summed E-state index contributed by atoms with van der Waals surface area (Å²) < 4.78 is 0. The third kappa shape index (κ3) is 3.88. The molecular weight excluding hydrogens is 395 g/mol. The van der Waals surface area contributed by atoms with E-state index in [9.17, 15) is 0 Å². The zero-order chi connectivity index (χ0) is 18.3. The second-order valence-electron chi connectivity index (χ2n) is 6.49. The van der Waals surface area contributed by atoms with Crippen LogP contribution in [0.25, 0.3) is 11.3 Å². The highest BCUT2D eigenvalue weighted by Crippen LogP contribution is 2.32. The number of aromatic amines is 1. The molecule has 0 saturated carbocycles. The molecule has 1 aliphatic rings. The van der Waals surface area contributed by atoms with E-state index in [1.54, 1.807) is 0 Å². The Bertz CT molecular complexity index is 1040. The van der Waals surface area contributed by atoms with Crippen molar-refractivity contribution in [1.82, 2.24) is 9.97 Å². The van der Waals surface area contributed by atoms with Crippen molar-refractivity contribution in [1.29, 1.82) is 5.41 Å². The number of hydrogen-bond donors (Lipinski definition) is 4. The molecule has 28 heavy (non-hydrogen) atoms. The molecule has 3 aromatic rings. The van der Waals surface area contributed by atoms with E-state index in [1.165, 1.54) is 5.56 Å². The van der Waals surface area contributed by atoms with Gasteiger partial charge in [0.1, 0.15) is 5.84 Å². The van der Waals surface area contributed by atoms with Crippen LogP contribution in [0.5, 0.6) is 0 Å². The number of rotatable bonds is 3. The van der Waals surface area contributed by atoms with Gasteiger partial charge in [-0.1, -0.05) is 48.0 Å². The topological polar surface area (TPSA) is 117 Å². The van der Waals surface area contributed by atoms with Gasteiger partial charge in [-0.3, -0.25) is 5.41 Å². The van der Waals surface area contributed by atoms with E-state index < -0.39 is 0 Å². The van der Waals surface area contributed by atoms with Gasteiger partial charge in [-0.2, -0.15) is 4.98 Å². The van der Waals surface area contributed by atoms with Gasteiger partial charge in [-0.05, 0) is 30.9 Å². The summed E-state index contributed by atoms with van der Waals surface area (Å²) in [5.74, 6) is 1.02. The first-order valence-electron chi connectivity index (χ1n) is 8.49. The molecule has 2 aromatic carbocycles. The maximum Gasteiger partial charge on any atom is 0.200 e. The summed E-state index contributed by atoms with van der Waals surface area (Å²) in [4.78, 5) is 12.3. The Morgan fingerprint density at radius 2 is 1.82 bits per heavy atom. The molecule has 6 nitrogen and oxygen atoms in total. The molecule has 1 heterocycles. The summed E-state index contributed by atoms with van der Waals surface area (Å²) >= 11 is 0. The number of fused-ring (bicyclic) bond motifs is 1. The number of nitrogens with two attached hydrogens (primary N) is 2. The minimum atomic E-state index is 0. The average Bonchev–Trinajstić information content (AvgIpc) is 3.19. The molecule has 0 saturated heterocycles. The van der Waals surface area contributed by atoms with Crippen molar-refractivity contribution in [3.8, 4) is 11.3 Å². The van der Waals surface area contributed by atoms with E-state index >= 15 is 0 Å². The number of hydrogen-bond acceptors (Lipinski definition) is 4. The van der Waals surface area contributed by atoms with Crippen LogP contribution in [0.4, 0.5) is 11.8 Å². The maximum absolute atomic E-state index is 7.76. The van der Waals surface area contributed by atoms with Gasteiger partial charge in [-0.15, -0.1) is 24.8 Å². The number of nitrogen functional groups attached to an aromatic ring is 2. The SMILES string of the molecule is Cc1ccc(-c2[nH]c(N)nc2N=C2CCc3c(C(=N)N)cccc32)cc1.Cl.Cl. The normalized spacial score (nSPS) is 13.5. The quantitative estimate of drug-likeness (QED) is 0.379. The molecule has 8 heteroatoms. The number of aliphatic imine (C=N–C) groups is 1. The average molecular weight is 417 g/mol. The van der Waals surface area contributed by atoms with Crippen molar-refractivity contribution in [3.63, 3.8) is 0 Å². The van der Waals surface area contributed by atoms with Gasteiger partial charge in [0, 0.05) is 11.1 Å². The van der Waals surface area contributed by atoms with Crippen molar-refractivity contribution in [2.24, 2.45) is 10.7 Å². The largest absolute Gasteiger partial charge is 0.384 e. The number of halogens is 2. The van der Waals surface area contributed by atoms with Crippen LogP contribution in [-0.2, 0) is 6.42 Å². The van der Waals surface area contributed by atoms with Crippen LogP contribution in [0.15, 0.2) is 47.5 Å². The lowest BCUT2D eigenvalue weighted by atomic mass is 10.0. The smallest absolute Gasteiger partial charge is 0.200 e. The summed E-state index contributed by atoms with van der Waals surface area (Å²) in [7, 11) is 0. The Balaban J connectivity index is 0.00000140. The Kier molecular flexibility index (Phi) is 6.48. The fourth-order valence-electron chi connectivity index (χ4n) is 3.39. The maximum atomic E-state index is 7.76. The molecule has 0 amide bonds. The molecule has 0 radical (unpaired) electrons. The Hall–Kier alpha value is -2.83. The molecule has 146 valence electrons. The summed E-state index contributed by atoms with van der Waals surface area (Å²) in [5, 5.41) is 7.76. The monoisotopic (exact) mass is 416 g/mol. The van der Waals surface area contributed by atoms with Crippen molar-refractivity contribution in [2.75, 3.05) is 5.73 Å². The van der Waals surface area contributed by atoms with E-state index in [0.717, 1.165) is 46.5 Å². The number of amidine groups is 1. The highest BCUT2D eigenvalue weighted by Gasteiger charge is 2.22. The third-order valence-corrected chi connectivity index (χ3v) is 4.67. The van der Waals surface area contributed by atoms with Crippen LogP contribution in [0.1, 0.15) is 28.7 Å². The zero-order valence-corrected chi connectivity index (χ0v) is 17.0. The molecule has 1 aromatic heterocycles. The van der Waals surface area contributed by atoms with Crippen molar-refractivity contribution in [2.45, 2.75) is 19.8 Å². The lowest BCUT2D eigenvalue weighted by molar-refractivity contribution is 1.08. The van der Waals surface area contributed by atoms with Crippen LogP contribution in [0.2, 0.25) is 0 Å². The Labute approximate surface area is 175 Å². The molecule has 1 aliphatic carbocycles. The Morgan fingerprint density at radius 1 is 1.11 bits per heavy atom. The van der Waals surface area contributed by atoms with Gasteiger partial charge in [0.15, 0.2) is 11.8 Å². The van der Waals surface area contributed by atoms with Crippen molar-refractivity contribution in [3.05, 3.63) is 64.7 Å². The summed E-state index contributed by atoms with van der Waals surface area (Å²) in [5.41, 5.74) is 18.5. The van der Waals surface area contributed by atoms with Gasteiger partial charge in [0.2, 0.25) is 0 Å². The molecule has 0 spiro atoms. The fourth-order valence-corrected chi connectivity index (χ4v) is 3.39. The lowest BCUT2D eigenvalue weighted by Gasteiger charge is -2.06. The van der Waals surface area contributed by atoms with Gasteiger partial charge in [0.05, 0.1) is 11.4 Å². The number of anilines is 1. The number of H-pyrrole nitrogens is 1. The van der Waals surface area contributed by atoms with E-state index in [1.807, 2.05) is 49.4 Å². The number of aryl methyl sites for hydroxylation is 1. The number of benzene rings is 2. The summed E-state index contributed by atoms with van der Waals surface area (Å²) in [6, 6.07) is 14.0. The molecule has 0 atom stereocenters. The molecule has 0 fully saturated rings. The van der Waals surface area contributed by atoms with Gasteiger partial charge in [-0.25, -0.2) is 4.99 Å². The van der Waals surface area contributed by atoms with Crippen LogP contribution in [-0.4, -0.2) is 21.5 Å². The molecular formula is C20H22Cl2N6. The molecule has 4 rings (SSSR count). The lowest BCUT2D eigenvalue weighted by Crippen LogP contribution is -2.13. The first-order chi connectivity index (χ1) is 12.5. The molecule has 0 bridgehead atoms. The number of aromatic nitrogens is 2. The predicted octanol–water partition coefficient (Wildman–Crippen LogP) is 4.16. The van der Waals surface area contributed by atoms with Crippen molar-refractivity contribution < 1.29 is 0 Å². The highest BCUT2D eigenvalue weighted by molar-refractivity contribution is 6.09.